The Kier molecular flexibility index (Phi) is 5.66. The number of phosphoric acid groups is 1. The van der Waals surface area contributed by atoms with Crippen LogP contribution in [0.1, 0.15) is 26.3 Å². The molecule has 0 radical (unpaired) electrons. The van der Waals surface area contributed by atoms with Gasteiger partial charge in [-0.3, -0.25) is 0 Å². The van der Waals surface area contributed by atoms with E-state index in [0.29, 0.717) is 11.5 Å². The SMILES string of the molecule is CC(C)(C)c1ccccc1OP(=O)(Oc1ccccc1)Oc1ccccc1O. The van der Waals surface area contributed by atoms with Crippen LogP contribution in [-0.4, -0.2) is 5.11 Å². The summed E-state index contributed by atoms with van der Waals surface area (Å²) in [6, 6.07) is 22.2. The van der Waals surface area contributed by atoms with Gasteiger partial charge in [-0.25, -0.2) is 0 Å². The molecule has 0 aliphatic heterocycles. The molecule has 1 unspecified atom stereocenters. The molecule has 0 heterocycles. The Hall–Kier alpha value is -2.91. The van der Waals surface area contributed by atoms with Crippen LogP contribution >= 0.6 is 7.82 Å². The average Bonchev–Trinajstić information content (AvgIpc) is 2.64. The number of phenols is 1. The maximum absolute atomic E-state index is 13.6. The molecular formula is C22H23O5P. The Labute approximate surface area is 165 Å². The smallest absolute Gasteiger partial charge is 0.504 e. The first-order chi connectivity index (χ1) is 13.3. The number of hydrogen-bond donors (Lipinski definition) is 1. The number of hydrogen-bond acceptors (Lipinski definition) is 5. The van der Waals surface area contributed by atoms with Crippen molar-refractivity contribution in [3.63, 3.8) is 0 Å². The van der Waals surface area contributed by atoms with Gasteiger partial charge in [-0.05, 0) is 35.7 Å². The van der Waals surface area contributed by atoms with Gasteiger partial charge in [0.05, 0.1) is 0 Å². The van der Waals surface area contributed by atoms with Gasteiger partial charge in [-0.15, -0.1) is 0 Å². The summed E-state index contributed by atoms with van der Waals surface area (Å²) < 4.78 is 30.6. The van der Waals surface area contributed by atoms with Crippen molar-refractivity contribution >= 4 is 7.82 Å². The minimum absolute atomic E-state index is 0.00926. The highest BCUT2D eigenvalue weighted by Crippen LogP contribution is 2.52. The summed E-state index contributed by atoms with van der Waals surface area (Å²) in [6.07, 6.45) is 0. The highest BCUT2D eigenvalue weighted by Gasteiger charge is 2.35. The number of phenolic OH excluding ortho intramolecular Hbond substituents is 1. The number of phosphoric ester groups is 1. The van der Waals surface area contributed by atoms with Gasteiger partial charge in [-0.2, -0.15) is 4.57 Å². The molecule has 3 aromatic carbocycles. The van der Waals surface area contributed by atoms with Crippen LogP contribution in [0.5, 0.6) is 23.0 Å². The van der Waals surface area contributed by atoms with E-state index in [1.165, 1.54) is 12.1 Å². The molecule has 0 aliphatic carbocycles. The summed E-state index contributed by atoms with van der Waals surface area (Å²) in [5.41, 5.74) is 0.607. The lowest BCUT2D eigenvalue weighted by Crippen LogP contribution is -2.15. The fourth-order valence-corrected chi connectivity index (χ4v) is 3.89. The average molecular weight is 398 g/mol. The second-order valence-electron chi connectivity index (χ2n) is 7.25. The van der Waals surface area contributed by atoms with Crippen LogP contribution in [0.25, 0.3) is 0 Å². The lowest BCUT2D eigenvalue weighted by Gasteiger charge is -2.25. The van der Waals surface area contributed by atoms with Gasteiger partial charge < -0.3 is 18.7 Å². The van der Waals surface area contributed by atoms with Gasteiger partial charge in [0.15, 0.2) is 11.5 Å². The van der Waals surface area contributed by atoms with Crippen LogP contribution < -0.4 is 13.6 Å². The predicted octanol–water partition coefficient (Wildman–Crippen LogP) is 6.33. The first-order valence-electron chi connectivity index (χ1n) is 8.88. The van der Waals surface area contributed by atoms with E-state index in [1.807, 2.05) is 39.0 Å². The molecule has 0 aromatic heterocycles. The molecule has 0 fully saturated rings. The highest BCUT2D eigenvalue weighted by atomic mass is 31.2. The summed E-state index contributed by atoms with van der Waals surface area (Å²) in [5, 5.41) is 10.0. The highest BCUT2D eigenvalue weighted by molar-refractivity contribution is 7.49. The van der Waals surface area contributed by atoms with Crippen molar-refractivity contribution in [2.24, 2.45) is 0 Å². The second kappa shape index (κ2) is 7.99. The predicted molar refractivity (Wildman–Crippen MR) is 109 cm³/mol. The summed E-state index contributed by atoms with van der Waals surface area (Å²) in [5.74, 6) is 0.571. The zero-order valence-corrected chi connectivity index (χ0v) is 16.9. The molecule has 0 spiro atoms. The molecule has 0 aliphatic rings. The van der Waals surface area contributed by atoms with E-state index in [2.05, 4.69) is 0 Å². The van der Waals surface area contributed by atoms with Crippen molar-refractivity contribution in [2.45, 2.75) is 26.2 Å². The van der Waals surface area contributed by atoms with Crippen molar-refractivity contribution in [3.8, 4) is 23.0 Å². The summed E-state index contributed by atoms with van der Waals surface area (Å²) in [4.78, 5) is 0. The Morgan fingerprint density at radius 3 is 1.89 bits per heavy atom. The summed E-state index contributed by atoms with van der Waals surface area (Å²) >= 11 is 0. The monoisotopic (exact) mass is 398 g/mol. The first kappa shape index (κ1) is 19.8. The first-order valence-corrected chi connectivity index (χ1v) is 10.3. The van der Waals surface area contributed by atoms with Gasteiger partial charge in [0.25, 0.3) is 0 Å². The molecule has 3 aromatic rings. The van der Waals surface area contributed by atoms with Crippen molar-refractivity contribution < 1.29 is 23.2 Å². The maximum atomic E-state index is 13.6. The van der Waals surface area contributed by atoms with E-state index in [0.717, 1.165) is 5.56 Å². The zero-order chi connectivity index (χ0) is 20.2. The fourth-order valence-electron chi connectivity index (χ4n) is 2.61. The topological polar surface area (TPSA) is 65.0 Å². The number of aromatic hydroxyl groups is 1. The maximum Gasteiger partial charge on any atom is 0.647 e. The molecule has 1 atom stereocenters. The lowest BCUT2D eigenvalue weighted by atomic mass is 9.86. The molecule has 0 saturated heterocycles. The van der Waals surface area contributed by atoms with Crippen molar-refractivity contribution in [1.29, 1.82) is 0 Å². The third kappa shape index (κ3) is 4.87. The zero-order valence-electron chi connectivity index (χ0n) is 16.0. The third-order valence-electron chi connectivity index (χ3n) is 3.94. The van der Waals surface area contributed by atoms with Crippen LogP contribution in [0.3, 0.4) is 0 Å². The van der Waals surface area contributed by atoms with Crippen LogP contribution in [0.15, 0.2) is 78.9 Å². The normalized spacial score (nSPS) is 13.4. The Morgan fingerprint density at radius 2 is 1.25 bits per heavy atom. The molecule has 5 nitrogen and oxygen atoms in total. The van der Waals surface area contributed by atoms with Gasteiger partial charge in [-0.1, -0.05) is 69.3 Å². The molecular weight excluding hydrogens is 375 g/mol. The largest absolute Gasteiger partial charge is 0.647 e. The molecule has 28 heavy (non-hydrogen) atoms. The van der Waals surface area contributed by atoms with Crippen LogP contribution in [0.2, 0.25) is 0 Å². The van der Waals surface area contributed by atoms with Gasteiger partial charge in [0.2, 0.25) is 0 Å². The molecule has 6 heteroatoms. The Morgan fingerprint density at radius 1 is 0.714 bits per heavy atom. The molecule has 0 amide bonds. The molecule has 146 valence electrons. The van der Waals surface area contributed by atoms with Crippen LogP contribution in [-0.2, 0) is 9.98 Å². The molecule has 0 bridgehead atoms. The van der Waals surface area contributed by atoms with E-state index >= 15 is 0 Å². The number of para-hydroxylation sites is 4. The van der Waals surface area contributed by atoms with E-state index < -0.39 is 7.82 Å². The van der Waals surface area contributed by atoms with Gasteiger partial charge in [0, 0.05) is 5.56 Å². The minimum Gasteiger partial charge on any atom is -0.504 e. The van der Waals surface area contributed by atoms with Crippen molar-refractivity contribution in [1.82, 2.24) is 0 Å². The third-order valence-corrected chi connectivity index (χ3v) is 5.22. The number of benzene rings is 3. The molecule has 1 N–H and O–H groups in total. The Bertz CT molecular complexity index is 979. The summed E-state index contributed by atoms with van der Waals surface area (Å²) in [6.45, 7) is 6.09. The standard InChI is InChI=1S/C22H23O5P/c1-22(2,3)18-13-7-9-15-20(18)26-28(24,25-17-11-5-4-6-12-17)27-21-16-10-8-14-19(21)23/h4-16,23H,1-3H3. The van der Waals surface area contributed by atoms with E-state index in [9.17, 15) is 9.67 Å². The Balaban J connectivity index is 2.00. The van der Waals surface area contributed by atoms with Crippen LogP contribution in [0.4, 0.5) is 0 Å². The lowest BCUT2D eigenvalue weighted by molar-refractivity contribution is 0.290. The van der Waals surface area contributed by atoms with Crippen molar-refractivity contribution in [3.05, 3.63) is 84.4 Å². The minimum atomic E-state index is -4.17. The quantitative estimate of drug-likeness (QED) is 0.491. The molecule has 0 saturated carbocycles. The fraction of sp³-hybridized carbons (Fsp3) is 0.182. The van der Waals surface area contributed by atoms with Crippen LogP contribution in [0, 0.1) is 0 Å². The number of rotatable bonds is 6. The van der Waals surface area contributed by atoms with E-state index in [-0.39, 0.29) is 16.9 Å². The summed E-state index contributed by atoms with van der Waals surface area (Å²) in [7, 11) is -4.17. The second-order valence-corrected chi connectivity index (χ2v) is 8.69. The van der Waals surface area contributed by atoms with Gasteiger partial charge in [0.1, 0.15) is 11.5 Å². The van der Waals surface area contributed by atoms with E-state index in [4.69, 9.17) is 13.6 Å². The van der Waals surface area contributed by atoms with Gasteiger partial charge >= 0.3 is 7.82 Å². The molecule has 3 rings (SSSR count). The van der Waals surface area contributed by atoms with E-state index in [1.54, 1.807) is 48.5 Å². The van der Waals surface area contributed by atoms with Crippen molar-refractivity contribution in [2.75, 3.05) is 0 Å².